The van der Waals surface area contributed by atoms with Gasteiger partial charge in [-0.2, -0.15) is 0 Å². The normalized spacial score (nSPS) is 13.1. The Morgan fingerprint density at radius 2 is 1.79 bits per heavy atom. The second-order valence-corrected chi connectivity index (χ2v) is 10.3. The molecule has 1 aliphatic rings. The molecule has 3 aromatic rings. The third-order valence-electron chi connectivity index (χ3n) is 6.60. The summed E-state index contributed by atoms with van der Waals surface area (Å²) in [5, 5.41) is 22.9. The summed E-state index contributed by atoms with van der Waals surface area (Å²) in [7, 11) is 1.48. The summed E-state index contributed by atoms with van der Waals surface area (Å²) in [5.41, 5.74) is 2.57. The van der Waals surface area contributed by atoms with Gasteiger partial charge in [-0.1, -0.05) is 23.8 Å². The monoisotopic (exact) mass is 519 g/mol. The Morgan fingerprint density at radius 3 is 2.42 bits per heavy atom. The van der Waals surface area contributed by atoms with Gasteiger partial charge in [-0.3, -0.25) is 14.4 Å². The summed E-state index contributed by atoms with van der Waals surface area (Å²) in [5.74, 6) is -1.02. The number of nitrogens with zero attached hydrogens (tertiary/aromatic N) is 2. The number of rotatable bonds is 7. The van der Waals surface area contributed by atoms with Crippen LogP contribution in [0.3, 0.4) is 0 Å². The molecule has 0 atom stereocenters. The van der Waals surface area contributed by atoms with Gasteiger partial charge in [0.05, 0.1) is 24.3 Å². The molecule has 9 heteroatoms. The number of carbonyl (C=O) groups is 2. The van der Waals surface area contributed by atoms with Crippen molar-refractivity contribution in [2.45, 2.75) is 39.7 Å². The van der Waals surface area contributed by atoms with Gasteiger partial charge in [0.25, 0.3) is 11.5 Å². The Kier molecular flexibility index (Phi) is 7.33. The highest BCUT2D eigenvalue weighted by Gasteiger charge is 2.28. The minimum atomic E-state index is -1.09. The summed E-state index contributed by atoms with van der Waals surface area (Å²) < 4.78 is 7.07. The highest BCUT2D eigenvalue weighted by Crippen LogP contribution is 2.38. The Morgan fingerprint density at radius 1 is 1.11 bits per heavy atom. The number of ether oxygens (including phenoxy) is 1. The standard InChI is InChI=1S/C29H33N3O6/c1-17-6-9-20(10-7-17)30-27(35)26-18(2)25(22(15-24(33)34)31(5)28(26)36)19-8-11-23-21(14-19)32(12-13-38-23)16-29(3,4)37/h6-11,14,37H,12-13,15-16H2,1-5H3,(H,30,35)(H,33,34). The van der Waals surface area contributed by atoms with Crippen molar-refractivity contribution in [3.8, 4) is 16.9 Å². The molecule has 0 saturated heterocycles. The second kappa shape index (κ2) is 10.3. The van der Waals surface area contributed by atoms with E-state index in [1.54, 1.807) is 45.0 Å². The number of hydrogen-bond donors (Lipinski definition) is 3. The Bertz CT molecular complexity index is 1450. The third kappa shape index (κ3) is 5.57. The molecular formula is C29H33N3O6. The molecule has 200 valence electrons. The van der Waals surface area contributed by atoms with E-state index in [1.807, 2.05) is 30.0 Å². The summed E-state index contributed by atoms with van der Waals surface area (Å²) in [4.78, 5) is 40.5. The number of aliphatic carboxylic acids is 1. The smallest absolute Gasteiger partial charge is 0.309 e. The van der Waals surface area contributed by atoms with Crippen LogP contribution in [0.25, 0.3) is 11.1 Å². The van der Waals surface area contributed by atoms with Gasteiger partial charge in [-0.15, -0.1) is 0 Å². The van der Waals surface area contributed by atoms with Crippen LogP contribution in [0.4, 0.5) is 11.4 Å². The number of carbonyl (C=O) groups excluding carboxylic acids is 1. The number of fused-ring (bicyclic) bond motifs is 1. The highest BCUT2D eigenvalue weighted by molar-refractivity contribution is 6.06. The maximum absolute atomic E-state index is 13.4. The molecule has 0 fully saturated rings. The van der Waals surface area contributed by atoms with E-state index >= 15 is 0 Å². The number of nitrogens with one attached hydrogen (secondary N) is 1. The first-order chi connectivity index (χ1) is 17.9. The molecule has 4 rings (SSSR count). The molecule has 0 unspecified atom stereocenters. The molecule has 0 aliphatic carbocycles. The fourth-order valence-electron chi connectivity index (χ4n) is 4.85. The number of anilines is 2. The summed E-state index contributed by atoms with van der Waals surface area (Å²) in [6.07, 6.45) is -0.400. The number of pyridine rings is 1. The molecule has 0 spiro atoms. The lowest BCUT2D eigenvalue weighted by atomic mass is 9.92. The van der Waals surface area contributed by atoms with Gasteiger partial charge in [-0.05, 0) is 63.1 Å². The van der Waals surface area contributed by atoms with E-state index in [4.69, 9.17) is 4.74 Å². The van der Waals surface area contributed by atoms with Crippen LogP contribution in [0.1, 0.15) is 41.0 Å². The minimum Gasteiger partial charge on any atom is -0.490 e. The van der Waals surface area contributed by atoms with Gasteiger partial charge in [0.15, 0.2) is 0 Å². The molecule has 2 heterocycles. The van der Waals surface area contributed by atoms with Crippen molar-refractivity contribution < 1.29 is 24.5 Å². The van der Waals surface area contributed by atoms with Gasteiger partial charge in [0, 0.05) is 30.5 Å². The average Bonchev–Trinajstić information content (AvgIpc) is 2.83. The van der Waals surface area contributed by atoms with Gasteiger partial charge < -0.3 is 29.7 Å². The van der Waals surface area contributed by atoms with Crippen LogP contribution in [-0.2, 0) is 18.3 Å². The van der Waals surface area contributed by atoms with Gasteiger partial charge >= 0.3 is 5.97 Å². The highest BCUT2D eigenvalue weighted by atomic mass is 16.5. The Labute approximate surface area is 221 Å². The maximum Gasteiger partial charge on any atom is 0.309 e. The van der Waals surface area contributed by atoms with E-state index in [1.165, 1.54) is 11.6 Å². The first-order valence-electron chi connectivity index (χ1n) is 12.4. The quantitative estimate of drug-likeness (QED) is 0.437. The number of carboxylic acids is 1. The molecule has 0 saturated carbocycles. The molecule has 38 heavy (non-hydrogen) atoms. The SMILES string of the molecule is Cc1ccc(NC(=O)c2c(C)c(-c3ccc4c(c3)N(CC(C)(C)O)CCO4)c(CC(=O)O)n(C)c2=O)cc1. The number of hydrogen-bond acceptors (Lipinski definition) is 6. The second-order valence-electron chi connectivity index (χ2n) is 10.3. The first kappa shape index (κ1) is 26.9. The number of β-amino-alcohol motifs (C(OH)–C–C–N with tert-alkyl or cyclic N) is 1. The van der Waals surface area contributed by atoms with E-state index in [9.17, 15) is 24.6 Å². The maximum atomic E-state index is 13.4. The van der Waals surface area contributed by atoms with Crippen LogP contribution in [0.2, 0.25) is 0 Å². The predicted molar refractivity (Wildman–Crippen MR) is 146 cm³/mol. The zero-order valence-electron chi connectivity index (χ0n) is 22.3. The lowest BCUT2D eigenvalue weighted by Gasteiger charge is -2.35. The number of carboxylic acid groups (broad SMARTS) is 1. The lowest BCUT2D eigenvalue weighted by molar-refractivity contribution is -0.136. The topological polar surface area (TPSA) is 121 Å². The molecule has 0 radical (unpaired) electrons. The molecule has 1 aromatic heterocycles. The van der Waals surface area contributed by atoms with E-state index < -0.39 is 29.5 Å². The zero-order chi connectivity index (χ0) is 27.8. The van der Waals surface area contributed by atoms with E-state index in [2.05, 4.69) is 5.32 Å². The third-order valence-corrected chi connectivity index (χ3v) is 6.60. The molecule has 3 N–H and O–H groups in total. The van der Waals surface area contributed by atoms with Crippen molar-refractivity contribution in [3.05, 3.63) is 75.2 Å². The number of aromatic nitrogens is 1. The minimum absolute atomic E-state index is 0.0560. The number of aliphatic hydroxyl groups is 1. The van der Waals surface area contributed by atoms with Crippen molar-refractivity contribution in [2.24, 2.45) is 7.05 Å². The van der Waals surface area contributed by atoms with Gasteiger partial charge in [0.1, 0.15) is 17.9 Å². The molecule has 1 amide bonds. The van der Waals surface area contributed by atoms with E-state index in [0.29, 0.717) is 47.8 Å². The molecular weight excluding hydrogens is 486 g/mol. The average molecular weight is 520 g/mol. The summed E-state index contributed by atoms with van der Waals surface area (Å²) in [6.45, 7) is 8.46. The number of benzene rings is 2. The molecule has 9 nitrogen and oxygen atoms in total. The number of amides is 1. The van der Waals surface area contributed by atoms with Crippen molar-refractivity contribution in [1.82, 2.24) is 4.57 Å². The summed E-state index contributed by atoms with van der Waals surface area (Å²) >= 11 is 0. The Hall–Kier alpha value is -4.11. The predicted octanol–water partition coefficient (Wildman–Crippen LogP) is 3.52. The molecule has 0 bridgehead atoms. The fourth-order valence-corrected chi connectivity index (χ4v) is 4.85. The van der Waals surface area contributed by atoms with Crippen molar-refractivity contribution >= 4 is 23.3 Å². The van der Waals surface area contributed by atoms with Crippen LogP contribution < -0.4 is 20.5 Å². The molecule has 1 aliphatic heterocycles. The number of aryl methyl sites for hydroxylation is 1. The Balaban J connectivity index is 1.88. The van der Waals surface area contributed by atoms with Crippen LogP contribution in [-0.4, -0.2) is 52.0 Å². The summed E-state index contributed by atoms with van der Waals surface area (Å²) in [6, 6.07) is 12.7. The van der Waals surface area contributed by atoms with Gasteiger partial charge in [0.2, 0.25) is 0 Å². The lowest BCUT2D eigenvalue weighted by Crippen LogP contribution is -2.42. The van der Waals surface area contributed by atoms with E-state index in [-0.39, 0.29) is 11.3 Å². The van der Waals surface area contributed by atoms with Crippen molar-refractivity contribution in [2.75, 3.05) is 29.9 Å². The first-order valence-corrected chi connectivity index (χ1v) is 12.4. The largest absolute Gasteiger partial charge is 0.490 e. The van der Waals surface area contributed by atoms with Gasteiger partial charge in [-0.25, -0.2) is 0 Å². The van der Waals surface area contributed by atoms with Crippen molar-refractivity contribution in [3.63, 3.8) is 0 Å². The zero-order valence-corrected chi connectivity index (χ0v) is 22.3. The van der Waals surface area contributed by atoms with Crippen LogP contribution >= 0.6 is 0 Å². The van der Waals surface area contributed by atoms with Crippen molar-refractivity contribution in [1.29, 1.82) is 0 Å². The van der Waals surface area contributed by atoms with E-state index in [0.717, 1.165) is 11.3 Å². The van der Waals surface area contributed by atoms with Crippen LogP contribution in [0.15, 0.2) is 47.3 Å². The van der Waals surface area contributed by atoms with Crippen LogP contribution in [0.5, 0.6) is 5.75 Å². The molecule has 2 aromatic carbocycles. The fraction of sp³-hybridized carbons (Fsp3) is 0.345. The van der Waals surface area contributed by atoms with Crippen LogP contribution in [0, 0.1) is 13.8 Å².